The van der Waals surface area contributed by atoms with Crippen molar-refractivity contribution in [1.29, 1.82) is 0 Å². The number of fused-ring (bicyclic) bond motifs is 1. The van der Waals surface area contributed by atoms with Gasteiger partial charge in [-0.05, 0) is 47.9 Å². The lowest BCUT2D eigenvalue weighted by molar-refractivity contribution is -0.122. The zero-order valence-corrected chi connectivity index (χ0v) is 15.5. The monoisotopic (exact) mass is 372 g/mol. The fourth-order valence-electron chi connectivity index (χ4n) is 3.88. The number of benzene rings is 1. The smallest absolute Gasteiger partial charge is 0.224 e. The Morgan fingerprint density at radius 3 is 2.96 bits per heavy atom. The van der Waals surface area contributed by atoms with E-state index < -0.39 is 11.7 Å². The summed E-state index contributed by atoms with van der Waals surface area (Å²) < 4.78 is 0. The van der Waals surface area contributed by atoms with Gasteiger partial charge in [0.1, 0.15) is 11.7 Å². The Morgan fingerprint density at radius 2 is 2.19 bits per heavy atom. The van der Waals surface area contributed by atoms with Crippen LogP contribution in [0.2, 0.25) is 0 Å². The molecule has 0 aliphatic carbocycles. The molecule has 0 spiro atoms. The lowest BCUT2D eigenvalue weighted by Gasteiger charge is -2.41. The lowest BCUT2D eigenvalue weighted by Crippen LogP contribution is -2.53. The maximum absolute atomic E-state index is 11.5. The first-order chi connectivity index (χ1) is 12.5. The van der Waals surface area contributed by atoms with Crippen LogP contribution in [-0.2, 0) is 23.2 Å². The maximum atomic E-state index is 11.5. The average Bonchev–Trinajstić information content (AvgIpc) is 3.18. The Kier molecular flexibility index (Phi) is 4.84. The quantitative estimate of drug-likeness (QED) is 0.769. The third-order valence-electron chi connectivity index (χ3n) is 5.52. The number of carbonyl (C=O) groups excluding carboxylic acids is 1. The molecular weight excluding hydrogens is 348 g/mol. The van der Waals surface area contributed by atoms with Crippen LogP contribution in [-0.4, -0.2) is 46.8 Å². The second-order valence-corrected chi connectivity index (χ2v) is 8.21. The first kappa shape index (κ1) is 17.7. The molecule has 4 rings (SSSR count). The molecule has 1 saturated heterocycles. The molecule has 1 aromatic heterocycles. The summed E-state index contributed by atoms with van der Waals surface area (Å²) in [4.78, 5) is 14.5. The predicted octanol–water partition coefficient (Wildman–Crippen LogP) is 2.13. The van der Waals surface area contributed by atoms with E-state index in [0.29, 0.717) is 19.4 Å². The number of hydrogen-bond donors (Lipinski definition) is 3. The third-order valence-corrected chi connectivity index (χ3v) is 6.56. The number of rotatable bonds is 4. The minimum absolute atomic E-state index is 0.0887. The fraction of sp³-hybridized carbons (Fsp3) is 0.450. The molecule has 3 N–H and O–H groups in total. The highest BCUT2D eigenvalue weighted by atomic mass is 32.1. The molecule has 2 atom stereocenters. The Labute approximate surface area is 157 Å². The van der Waals surface area contributed by atoms with Crippen molar-refractivity contribution in [2.45, 2.75) is 37.4 Å². The van der Waals surface area contributed by atoms with Crippen LogP contribution in [0.3, 0.4) is 0 Å². The first-order valence-corrected chi connectivity index (χ1v) is 10.0. The van der Waals surface area contributed by atoms with E-state index in [1.807, 2.05) is 23.6 Å². The summed E-state index contributed by atoms with van der Waals surface area (Å²) in [5, 5.41) is 26.2. The second kappa shape index (κ2) is 7.12. The van der Waals surface area contributed by atoms with Crippen LogP contribution in [0, 0.1) is 0 Å². The summed E-state index contributed by atoms with van der Waals surface area (Å²) >= 11 is 1.50. The molecule has 2 unspecified atom stereocenters. The highest BCUT2D eigenvalue weighted by molar-refractivity contribution is 7.10. The van der Waals surface area contributed by atoms with Crippen molar-refractivity contribution in [2.24, 2.45) is 0 Å². The first-order valence-electron chi connectivity index (χ1n) is 9.13. The van der Waals surface area contributed by atoms with Crippen molar-refractivity contribution in [3.05, 3.63) is 51.7 Å². The fourth-order valence-corrected chi connectivity index (χ4v) is 4.78. The zero-order valence-electron chi connectivity index (χ0n) is 14.6. The molecule has 0 radical (unpaired) electrons. The summed E-state index contributed by atoms with van der Waals surface area (Å²) in [5.74, 6) is 0.0887. The van der Waals surface area contributed by atoms with Gasteiger partial charge in [0.05, 0.1) is 0 Å². The Bertz CT molecular complexity index is 792. The van der Waals surface area contributed by atoms with Crippen molar-refractivity contribution in [3.8, 4) is 0 Å². The third kappa shape index (κ3) is 3.42. The highest BCUT2D eigenvalue weighted by Crippen LogP contribution is 2.35. The summed E-state index contributed by atoms with van der Waals surface area (Å²) in [6, 6.07) is 10.0. The molecule has 0 bridgehead atoms. The van der Waals surface area contributed by atoms with E-state index in [1.54, 1.807) is 0 Å². The summed E-state index contributed by atoms with van der Waals surface area (Å²) in [6.45, 7) is 2.10. The molecule has 0 saturated carbocycles. The number of anilines is 1. The van der Waals surface area contributed by atoms with Crippen LogP contribution in [0.15, 0.2) is 35.7 Å². The van der Waals surface area contributed by atoms with Crippen molar-refractivity contribution >= 4 is 22.9 Å². The molecule has 1 amide bonds. The van der Waals surface area contributed by atoms with Gasteiger partial charge in [0.25, 0.3) is 0 Å². The van der Waals surface area contributed by atoms with Gasteiger partial charge >= 0.3 is 0 Å². The minimum Gasteiger partial charge on any atom is -0.388 e. The van der Waals surface area contributed by atoms with Gasteiger partial charge < -0.3 is 20.4 Å². The number of nitrogens with zero attached hydrogens (tertiary/aromatic N) is 1. The SMILES string of the molecule is O=C1CCc2cc(CCN3CCC(O)(c4cccs4)C(O)C3)ccc2N1. The van der Waals surface area contributed by atoms with Crippen molar-refractivity contribution in [1.82, 2.24) is 4.90 Å². The van der Waals surface area contributed by atoms with Gasteiger partial charge in [0.2, 0.25) is 5.91 Å². The van der Waals surface area contributed by atoms with Crippen LogP contribution < -0.4 is 5.32 Å². The molecule has 2 aliphatic heterocycles. The summed E-state index contributed by atoms with van der Waals surface area (Å²) in [6.07, 6.45) is 2.02. The molecule has 138 valence electrons. The van der Waals surface area contributed by atoms with Crippen LogP contribution in [0.5, 0.6) is 0 Å². The van der Waals surface area contributed by atoms with Gasteiger partial charge in [-0.15, -0.1) is 11.3 Å². The van der Waals surface area contributed by atoms with Gasteiger partial charge in [0.15, 0.2) is 0 Å². The highest BCUT2D eigenvalue weighted by Gasteiger charge is 2.42. The van der Waals surface area contributed by atoms with E-state index in [4.69, 9.17) is 0 Å². The van der Waals surface area contributed by atoms with Gasteiger partial charge in [-0.1, -0.05) is 18.2 Å². The van der Waals surface area contributed by atoms with Gasteiger partial charge in [-0.2, -0.15) is 0 Å². The predicted molar refractivity (Wildman–Crippen MR) is 102 cm³/mol. The number of β-amino-alcohol motifs (C(OH)–C–C–N with tert-alkyl or cyclic N) is 1. The number of aryl methyl sites for hydroxylation is 1. The van der Waals surface area contributed by atoms with Crippen LogP contribution in [0.25, 0.3) is 0 Å². The molecule has 2 aliphatic rings. The van der Waals surface area contributed by atoms with E-state index in [0.717, 1.165) is 36.5 Å². The Morgan fingerprint density at radius 1 is 1.31 bits per heavy atom. The second-order valence-electron chi connectivity index (χ2n) is 7.26. The average molecular weight is 372 g/mol. The Hall–Kier alpha value is -1.73. The number of amides is 1. The van der Waals surface area contributed by atoms with Crippen LogP contribution >= 0.6 is 11.3 Å². The number of carbonyl (C=O) groups is 1. The largest absolute Gasteiger partial charge is 0.388 e. The van der Waals surface area contributed by atoms with Gasteiger partial charge in [-0.25, -0.2) is 0 Å². The Balaban J connectivity index is 1.36. The lowest BCUT2D eigenvalue weighted by atomic mass is 9.87. The molecule has 1 fully saturated rings. The van der Waals surface area contributed by atoms with E-state index in [2.05, 4.69) is 22.3 Å². The van der Waals surface area contributed by atoms with E-state index in [1.165, 1.54) is 22.5 Å². The van der Waals surface area contributed by atoms with E-state index >= 15 is 0 Å². The number of aliphatic hydroxyl groups excluding tert-OH is 1. The van der Waals surface area contributed by atoms with Crippen molar-refractivity contribution < 1.29 is 15.0 Å². The van der Waals surface area contributed by atoms with Crippen molar-refractivity contribution in [3.63, 3.8) is 0 Å². The number of likely N-dealkylation sites (tertiary alicyclic amines) is 1. The van der Waals surface area contributed by atoms with Crippen molar-refractivity contribution in [2.75, 3.05) is 25.0 Å². The van der Waals surface area contributed by atoms with E-state index in [-0.39, 0.29) is 5.91 Å². The standard InChI is InChI=1S/C20H24N2O3S/c23-17-13-22(10-8-20(17,25)18-2-1-11-26-18)9-7-14-3-5-16-15(12-14)4-6-19(24)21-16/h1-3,5,11-12,17,23,25H,4,6-10,13H2,(H,21,24). The molecule has 1 aromatic carbocycles. The van der Waals surface area contributed by atoms with Gasteiger partial charge in [-0.3, -0.25) is 4.79 Å². The number of hydrogen-bond acceptors (Lipinski definition) is 5. The molecule has 3 heterocycles. The van der Waals surface area contributed by atoms with E-state index in [9.17, 15) is 15.0 Å². The molecular formula is C20H24N2O3S. The maximum Gasteiger partial charge on any atom is 0.224 e. The number of aliphatic hydroxyl groups is 2. The molecule has 2 aromatic rings. The molecule has 6 heteroatoms. The molecule has 5 nitrogen and oxygen atoms in total. The van der Waals surface area contributed by atoms with Crippen LogP contribution in [0.1, 0.15) is 28.8 Å². The zero-order chi connectivity index (χ0) is 18.1. The van der Waals surface area contributed by atoms with Gasteiger partial charge in [0, 0.05) is 36.6 Å². The molecule has 26 heavy (non-hydrogen) atoms. The number of thiophene rings is 1. The topological polar surface area (TPSA) is 72.8 Å². The summed E-state index contributed by atoms with van der Waals surface area (Å²) in [5.41, 5.74) is 2.26. The normalized spacial score (nSPS) is 26.4. The van der Waals surface area contributed by atoms with Crippen LogP contribution in [0.4, 0.5) is 5.69 Å². The minimum atomic E-state index is -1.12. The number of nitrogens with one attached hydrogen (secondary N) is 1. The number of piperidine rings is 1. The summed E-state index contributed by atoms with van der Waals surface area (Å²) in [7, 11) is 0.